The first-order valence-corrected chi connectivity index (χ1v) is 9.07. The van der Waals surface area contributed by atoms with Gasteiger partial charge in [-0.2, -0.15) is 0 Å². The molecule has 11 heteroatoms. The number of anilines is 1. The van der Waals surface area contributed by atoms with E-state index in [-0.39, 0.29) is 36.2 Å². The molecule has 0 saturated carbocycles. The summed E-state index contributed by atoms with van der Waals surface area (Å²) >= 11 is 0. The maximum Gasteiger partial charge on any atom is 0.353 e. The number of rotatable bonds is 4. The number of hydrogen-bond acceptors (Lipinski definition) is 7. The van der Waals surface area contributed by atoms with Crippen LogP contribution in [0.4, 0.5) is 11.4 Å². The lowest BCUT2D eigenvalue weighted by Gasteiger charge is -2.47. The summed E-state index contributed by atoms with van der Waals surface area (Å²) in [6, 6.07) is 3.95. The van der Waals surface area contributed by atoms with Crippen molar-refractivity contribution in [1.82, 2.24) is 4.90 Å². The van der Waals surface area contributed by atoms with Crippen molar-refractivity contribution >= 4 is 34.9 Å². The van der Waals surface area contributed by atoms with E-state index in [0.29, 0.717) is 5.69 Å². The molecular weight excluding hydrogens is 396 g/mol. The number of carbonyl (C=O) groups excluding carboxylic acids is 3. The molecule has 3 aliphatic heterocycles. The molecule has 0 unspecified atom stereocenters. The largest absolute Gasteiger partial charge is 0.477 e. The molecule has 1 aromatic carbocycles. The normalized spacial score (nSPS) is 25.0. The van der Waals surface area contributed by atoms with E-state index in [4.69, 9.17) is 5.73 Å². The molecule has 2 amide bonds. The Bertz CT molecular complexity index is 1090. The first-order chi connectivity index (χ1) is 14.2. The summed E-state index contributed by atoms with van der Waals surface area (Å²) in [5.74, 6) is -3.04. The molecule has 11 nitrogen and oxygen atoms in total. The van der Waals surface area contributed by atoms with E-state index in [9.17, 15) is 34.4 Å². The number of hydrogen-bond donors (Lipinski definition) is 2. The fraction of sp³-hybridized carbons (Fsp3) is 0.263. The third kappa shape index (κ3) is 2.87. The van der Waals surface area contributed by atoms with Crippen LogP contribution >= 0.6 is 0 Å². The van der Waals surface area contributed by atoms with Gasteiger partial charge < -0.3 is 15.7 Å². The van der Waals surface area contributed by atoms with Gasteiger partial charge in [0.05, 0.1) is 16.7 Å². The van der Waals surface area contributed by atoms with Crippen LogP contribution in [0.3, 0.4) is 0 Å². The van der Waals surface area contributed by atoms with Crippen LogP contribution in [0.25, 0.3) is 0 Å². The smallest absolute Gasteiger partial charge is 0.353 e. The molecule has 0 radical (unpaired) electrons. The van der Waals surface area contributed by atoms with E-state index < -0.39 is 46.3 Å². The molecule has 2 saturated heterocycles. The van der Waals surface area contributed by atoms with Crippen molar-refractivity contribution in [2.75, 3.05) is 11.4 Å². The van der Waals surface area contributed by atoms with Gasteiger partial charge in [0.15, 0.2) is 5.78 Å². The first-order valence-electron chi connectivity index (χ1n) is 9.07. The van der Waals surface area contributed by atoms with E-state index in [1.807, 2.05) is 0 Å². The Morgan fingerprint density at radius 2 is 2.03 bits per heavy atom. The molecule has 1 aromatic rings. The number of aliphatic carboxylic acids is 1. The molecule has 2 atom stereocenters. The highest BCUT2D eigenvalue weighted by molar-refractivity contribution is 6.14. The third-order valence-electron chi connectivity index (χ3n) is 5.46. The fourth-order valence-electron chi connectivity index (χ4n) is 3.93. The minimum Gasteiger partial charge on any atom is -0.477 e. The highest BCUT2D eigenvalue weighted by Crippen LogP contribution is 2.36. The third-order valence-corrected chi connectivity index (χ3v) is 5.46. The number of carbonyl (C=O) groups is 4. The van der Waals surface area contributed by atoms with Crippen molar-refractivity contribution in [3.8, 4) is 0 Å². The summed E-state index contributed by atoms with van der Waals surface area (Å²) < 4.78 is 0. The summed E-state index contributed by atoms with van der Waals surface area (Å²) in [6.45, 7) is 0.214. The molecular formula is C19H16N4O7. The van der Waals surface area contributed by atoms with Crippen LogP contribution in [0.2, 0.25) is 0 Å². The molecule has 3 aliphatic rings. The molecule has 0 aromatic heterocycles. The van der Waals surface area contributed by atoms with Crippen molar-refractivity contribution in [3.63, 3.8) is 0 Å². The number of allylic oxidation sites excluding steroid dienone is 2. The van der Waals surface area contributed by atoms with Gasteiger partial charge in [0.2, 0.25) is 5.91 Å². The van der Waals surface area contributed by atoms with E-state index in [1.165, 1.54) is 29.2 Å². The minimum absolute atomic E-state index is 0.119. The van der Waals surface area contributed by atoms with Crippen molar-refractivity contribution in [1.29, 1.82) is 0 Å². The molecule has 0 aliphatic carbocycles. The Hall–Kier alpha value is -3.86. The molecule has 0 spiro atoms. The summed E-state index contributed by atoms with van der Waals surface area (Å²) in [4.78, 5) is 61.9. The number of nitrogens with zero attached hydrogens (tertiary/aromatic N) is 3. The van der Waals surface area contributed by atoms with Gasteiger partial charge in [-0.3, -0.25) is 29.4 Å². The quantitative estimate of drug-likeness (QED) is 0.304. The van der Waals surface area contributed by atoms with Gasteiger partial charge in [0.1, 0.15) is 11.7 Å². The van der Waals surface area contributed by atoms with Gasteiger partial charge in [0.25, 0.3) is 11.6 Å². The van der Waals surface area contributed by atoms with Crippen LogP contribution < -0.4 is 10.6 Å². The summed E-state index contributed by atoms with van der Waals surface area (Å²) in [7, 11) is 0. The van der Waals surface area contributed by atoms with Gasteiger partial charge in [-0.15, -0.1) is 0 Å². The van der Waals surface area contributed by atoms with Crippen LogP contribution in [-0.2, 0) is 19.2 Å². The van der Waals surface area contributed by atoms with Crippen LogP contribution in [0.5, 0.6) is 0 Å². The Morgan fingerprint density at radius 1 is 1.30 bits per heavy atom. The lowest BCUT2D eigenvalue weighted by atomic mass is 9.82. The first kappa shape index (κ1) is 19.5. The zero-order chi connectivity index (χ0) is 21.7. The fourth-order valence-corrected chi connectivity index (χ4v) is 3.93. The number of ketones is 1. The Balaban J connectivity index is 1.69. The number of nitro groups is 1. The Morgan fingerprint density at radius 3 is 2.70 bits per heavy atom. The van der Waals surface area contributed by atoms with Gasteiger partial charge in [-0.25, -0.2) is 4.79 Å². The number of carboxylic acids is 1. The van der Waals surface area contributed by atoms with Gasteiger partial charge in [-0.1, -0.05) is 6.07 Å². The van der Waals surface area contributed by atoms with Gasteiger partial charge in [0, 0.05) is 36.2 Å². The Kier molecular flexibility index (Phi) is 4.46. The second-order valence-electron chi connectivity index (χ2n) is 7.15. The second-order valence-corrected chi connectivity index (χ2v) is 7.15. The van der Waals surface area contributed by atoms with Gasteiger partial charge >= 0.3 is 5.97 Å². The van der Waals surface area contributed by atoms with E-state index in [1.54, 1.807) is 6.07 Å². The SMILES string of the molecule is N[C@@H]1C(=O)N2C(C(=O)O)=C(/C=C3\CCN(c4cccc([N+](=O)[O-])c4)C3=O)C(=O)C[C@@H]12. The standard InChI is InChI=1S/C19H16N4O7/c20-15-13-8-14(24)12(16(19(27)28)22(13)18(15)26)6-9-4-5-21(17(9)25)10-2-1-3-11(7-10)23(29)30/h1-3,6-7,13,15H,4-5,8,20H2,(H,27,28)/b9-6+/t13-,15-/m0/s1. The molecule has 0 bridgehead atoms. The number of β-lactam (4-membered cyclic amide) rings is 1. The summed E-state index contributed by atoms with van der Waals surface area (Å²) in [6.07, 6.45) is 1.30. The van der Waals surface area contributed by atoms with Gasteiger partial charge in [-0.05, 0) is 18.6 Å². The van der Waals surface area contributed by atoms with Crippen LogP contribution in [-0.4, -0.2) is 57.1 Å². The number of carboxylic acid groups (broad SMARTS) is 1. The number of nitro benzene ring substituents is 1. The highest BCUT2D eigenvalue weighted by atomic mass is 16.6. The molecule has 4 rings (SSSR count). The lowest BCUT2D eigenvalue weighted by Crippen LogP contribution is -2.70. The van der Waals surface area contributed by atoms with Crippen molar-refractivity contribution in [2.24, 2.45) is 5.73 Å². The molecule has 2 fully saturated rings. The molecule has 30 heavy (non-hydrogen) atoms. The predicted octanol–water partition coefficient (Wildman–Crippen LogP) is 0.108. The number of fused-ring (bicyclic) bond motifs is 1. The predicted molar refractivity (Wildman–Crippen MR) is 101 cm³/mol. The van der Waals surface area contributed by atoms with Crippen LogP contribution in [0.15, 0.2) is 47.2 Å². The molecule has 3 N–H and O–H groups in total. The summed E-state index contributed by atoms with van der Waals surface area (Å²) in [5.41, 5.74) is 5.30. The van der Waals surface area contributed by atoms with Crippen LogP contribution in [0, 0.1) is 10.1 Å². The van der Waals surface area contributed by atoms with E-state index in [0.717, 1.165) is 4.90 Å². The number of benzene rings is 1. The topological polar surface area (TPSA) is 164 Å². The van der Waals surface area contributed by atoms with E-state index >= 15 is 0 Å². The number of Topliss-reactive ketones (excluding diaryl/α,β-unsaturated/α-hetero) is 1. The summed E-state index contributed by atoms with van der Waals surface area (Å²) in [5, 5.41) is 20.5. The highest BCUT2D eigenvalue weighted by Gasteiger charge is 2.53. The number of non-ortho nitro benzene ring substituents is 1. The van der Waals surface area contributed by atoms with Crippen molar-refractivity contribution in [2.45, 2.75) is 24.9 Å². The van der Waals surface area contributed by atoms with Crippen LogP contribution in [0.1, 0.15) is 12.8 Å². The van der Waals surface area contributed by atoms with Crippen molar-refractivity contribution < 1.29 is 29.2 Å². The lowest BCUT2D eigenvalue weighted by molar-refractivity contribution is -0.384. The zero-order valence-electron chi connectivity index (χ0n) is 15.5. The number of amides is 2. The Labute approximate surface area is 169 Å². The van der Waals surface area contributed by atoms with Crippen molar-refractivity contribution in [3.05, 3.63) is 57.3 Å². The minimum atomic E-state index is -1.46. The number of nitrogens with two attached hydrogens (primary N) is 1. The zero-order valence-corrected chi connectivity index (χ0v) is 15.5. The molecule has 154 valence electrons. The second kappa shape index (κ2) is 6.88. The average Bonchev–Trinajstić information content (AvgIpc) is 3.08. The van der Waals surface area contributed by atoms with E-state index in [2.05, 4.69) is 0 Å². The average molecular weight is 412 g/mol. The maximum atomic E-state index is 12.8. The maximum absolute atomic E-state index is 12.8. The molecule has 3 heterocycles. The monoisotopic (exact) mass is 412 g/mol.